The van der Waals surface area contributed by atoms with E-state index in [4.69, 9.17) is 9.47 Å². The summed E-state index contributed by atoms with van der Waals surface area (Å²) in [6.45, 7) is 3.76. The number of carbonyl (C=O) groups is 1. The molecule has 6 N–H and O–H groups in total. The first-order chi connectivity index (χ1) is 28.8. The Morgan fingerprint density at radius 3 is 1.49 bits per heavy atom. The van der Waals surface area contributed by atoms with Gasteiger partial charge in [-0.3, -0.25) is 4.79 Å². The third kappa shape index (κ3) is 31.0. The van der Waals surface area contributed by atoms with E-state index in [0.29, 0.717) is 6.42 Å². The van der Waals surface area contributed by atoms with E-state index in [1.165, 1.54) is 154 Å². The van der Waals surface area contributed by atoms with Crippen LogP contribution < -0.4 is 5.32 Å². The maximum absolute atomic E-state index is 13.0. The van der Waals surface area contributed by atoms with Gasteiger partial charge in [0, 0.05) is 6.42 Å². The Bertz CT molecular complexity index is 1020. The van der Waals surface area contributed by atoms with Crippen LogP contribution in [0.3, 0.4) is 0 Å². The minimum absolute atomic E-state index is 0.181. The average Bonchev–Trinajstić information content (AvgIpc) is 3.23. The molecular formula is C50H93NO8. The van der Waals surface area contributed by atoms with Crippen molar-refractivity contribution in [2.75, 3.05) is 13.2 Å². The lowest BCUT2D eigenvalue weighted by Crippen LogP contribution is -2.60. The van der Waals surface area contributed by atoms with E-state index >= 15 is 0 Å². The molecular weight excluding hydrogens is 743 g/mol. The molecule has 9 nitrogen and oxygen atoms in total. The Labute approximate surface area is 361 Å². The van der Waals surface area contributed by atoms with Gasteiger partial charge in [-0.15, -0.1) is 0 Å². The molecule has 1 fully saturated rings. The quantitative estimate of drug-likeness (QED) is 0.0263. The van der Waals surface area contributed by atoms with Gasteiger partial charge in [-0.1, -0.05) is 198 Å². The van der Waals surface area contributed by atoms with Gasteiger partial charge in [0.2, 0.25) is 5.91 Å². The molecule has 9 heteroatoms. The van der Waals surface area contributed by atoms with Crippen molar-refractivity contribution in [1.29, 1.82) is 0 Å². The maximum Gasteiger partial charge on any atom is 0.220 e. The van der Waals surface area contributed by atoms with Crippen LogP contribution in [-0.4, -0.2) is 87.5 Å². The third-order valence-electron chi connectivity index (χ3n) is 11.7. The number of nitrogens with one attached hydrogen (secondary N) is 1. The van der Waals surface area contributed by atoms with Crippen LogP contribution in [0.4, 0.5) is 0 Å². The van der Waals surface area contributed by atoms with Gasteiger partial charge in [0.25, 0.3) is 0 Å². The van der Waals surface area contributed by atoms with Crippen LogP contribution in [-0.2, 0) is 14.3 Å². The van der Waals surface area contributed by atoms with Crippen LogP contribution in [0.15, 0.2) is 36.5 Å². The van der Waals surface area contributed by atoms with E-state index in [9.17, 15) is 30.3 Å². The average molecular weight is 836 g/mol. The zero-order valence-electron chi connectivity index (χ0n) is 38.0. The van der Waals surface area contributed by atoms with Crippen molar-refractivity contribution in [3.8, 4) is 0 Å². The van der Waals surface area contributed by atoms with Gasteiger partial charge < -0.3 is 40.3 Å². The summed E-state index contributed by atoms with van der Waals surface area (Å²) < 4.78 is 11.2. The molecule has 1 saturated heterocycles. The van der Waals surface area contributed by atoms with E-state index in [-0.39, 0.29) is 12.5 Å². The first-order valence-corrected chi connectivity index (χ1v) is 24.7. The van der Waals surface area contributed by atoms with E-state index in [2.05, 4.69) is 43.5 Å². The van der Waals surface area contributed by atoms with Gasteiger partial charge in [0.1, 0.15) is 24.4 Å². The summed E-state index contributed by atoms with van der Waals surface area (Å²) in [4.78, 5) is 13.0. The third-order valence-corrected chi connectivity index (χ3v) is 11.7. The molecule has 1 amide bonds. The minimum atomic E-state index is -1.57. The van der Waals surface area contributed by atoms with Crippen molar-refractivity contribution in [2.24, 2.45) is 0 Å². The van der Waals surface area contributed by atoms with Crippen LogP contribution in [0, 0.1) is 0 Å². The molecule has 0 aromatic carbocycles. The highest BCUT2D eigenvalue weighted by Gasteiger charge is 2.44. The maximum atomic E-state index is 13.0. The SMILES string of the molecule is CCCCC/C=C\C/C=C\CCCCCCCCCCCC(=O)NC(COC1OC(CO)C(O)C(O)C1O)C(O)/C=C/CCCCCCCCCCCCCCCCC. The molecule has 1 aliphatic rings. The van der Waals surface area contributed by atoms with Crippen LogP contribution in [0.2, 0.25) is 0 Å². The lowest BCUT2D eigenvalue weighted by molar-refractivity contribution is -0.302. The Kier molecular flexibility index (Phi) is 38.0. The van der Waals surface area contributed by atoms with Crippen molar-refractivity contribution < 1.29 is 39.8 Å². The molecule has 1 aliphatic heterocycles. The zero-order chi connectivity index (χ0) is 43.0. The standard InChI is InChI=1S/C50H93NO8/c1-3-5-7-9-11-13-15-17-19-21-22-24-26-28-30-32-34-36-38-40-46(54)51-43(42-58-50-49(57)48(56)47(55)45(41-52)59-50)44(53)39-37-35-33-31-29-27-25-23-20-18-16-14-12-10-8-6-4-2/h11,13,17,19,37,39,43-45,47-50,52-53,55-57H,3-10,12,14-16,18,20-36,38,40-42H2,1-2H3,(H,51,54)/b13-11-,19-17-,39-37+. The highest BCUT2D eigenvalue weighted by Crippen LogP contribution is 2.23. The van der Waals surface area contributed by atoms with Gasteiger partial charge in [0.05, 0.1) is 25.4 Å². The molecule has 0 saturated carbocycles. The highest BCUT2D eigenvalue weighted by molar-refractivity contribution is 5.76. The summed E-state index contributed by atoms with van der Waals surface area (Å²) in [5.41, 5.74) is 0. The molecule has 346 valence electrons. The van der Waals surface area contributed by atoms with Gasteiger partial charge in [-0.25, -0.2) is 0 Å². The predicted molar refractivity (Wildman–Crippen MR) is 244 cm³/mol. The van der Waals surface area contributed by atoms with E-state index in [0.717, 1.165) is 44.9 Å². The van der Waals surface area contributed by atoms with Crippen molar-refractivity contribution in [3.63, 3.8) is 0 Å². The van der Waals surface area contributed by atoms with Crippen LogP contribution in [0.5, 0.6) is 0 Å². The summed E-state index contributed by atoms with van der Waals surface area (Å²) in [5, 5.41) is 54.3. The molecule has 0 aliphatic carbocycles. The first kappa shape index (κ1) is 55.4. The summed E-state index contributed by atoms with van der Waals surface area (Å²) >= 11 is 0. The molecule has 0 radical (unpaired) electrons. The highest BCUT2D eigenvalue weighted by atomic mass is 16.7. The van der Waals surface area contributed by atoms with Crippen LogP contribution in [0.25, 0.3) is 0 Å². The number of carbonyl (C=O) groups excluding carboxylic acids is 1. The Balaban J connectivity index is 2.32. The topological polar surface area (TPSA) is 149 Å². The summed E-state index contributed by atoms with van der Waals surface area (Å²) in [7, 11) is 0. The number of aliphatic hydroxyl groups excluding tert-OH is 5. The first-order valence-electron chi connectivity index (χ1n) is 24.7. The number of allylic oxidation sites excluding steroid dienone is 5. The van der Waals surface area contributed by atoms with Crippen molar-refractivity contribution in [1.82, 2.24) is 5.32 Å². The number of amides is 1. The molecule has 0 aromatic rings. The molecule has 0 aromatic heterocycles. The number of rotatable bonds is 41. The summed E-state index contributed by atoms with van der Waals surface area (Å²) in [6.07, 6.45) is 43.2. The number of ether oxygens (including phenoxy) is 2. The number of hydrogen-bond acceptors (Lipinski definition) is 8. The lowest BCUT2D eigenvalue weighted by atomic mass is 9.99. The van der Waals surface area contributed by atoms with Gasteiger partial charge in [-0.2, -0.15) is 0 Å². The largest absolute Gasteiger partial charge is 0.394 e. The van der Waals surface area contributed by atoms with Gasteiger partial charge in [-0.05, 0) is 51.4 Å². The molecule has 1 heterocycles. The smallest absolute Gasteiger partial charge is 0.220 e. The number of aliphatic hydroxyl groups is 5. The predicted octanol–water partition coefficient (Wildman–Crippen LogP) is 10.8. The Hall–Kier alpha value is -1.59. The molecule has 7 unspecified atom stereocenters. The van der Waals surface area contributed by atoms with Crippen LogP contribution >= 0.6 is 0 Å². The molecule has 7 atom stereocenters. The zero-order valence-corrected chi connectivity index (χ0v) is 38.0. The second-order valence-corrected chi connectivity index (χ2v) is 17.3. The number of unbranched alkanes of at least 4 members (excludes halogenated alkanes) is 27. The second kappa shape index (κ2) is 40.5. The molecule has 0 spiro atoms. The molecule has 0 bridgehead atoms. The van der Waals surface area contributed by atoms with Crippen molar-refractivity contribution >= 4 is 5.91 Å². The Morgan fingerprint density at radius 1 is 0.576 bits per heavy atom. The normalized spacial score (nSPS) is 21.0. The van der Waals surface area contributed by atoms with Crippen molar-refractivity contribution in [3.05, 3.63) is 36.5 Å². The van der Waals surface area contributed by atoms with Gasteiger partial charge in [0.15, 0.2) is 6.29 Å². The number of hydrogen-bond donors (Lipinski definition) is 6. The van der Waals surface area contributed by atoms with E-state index < -0.39 is 49.5 Å². The summed E-state index contributed by atoms with van der Waals surface area (Å²) in [5.74, 6) is -0.181. The molecule has 1 rings (SSSR count). The minimum Gasteiger partial charge on any atom is -0.394 e. The Morgan fingerprint density at radius 2 is 1.00 bits per heavy atom. The fraction of sp³-hybridized carbons (Fsp3) is 0.860. The fourth-order valence-corrected chi connectivity index (χ4v) is 7.72. The summed E-state index contributed by atoms with van der Waals surface area (Å²) in [6, 6.07) is -0.806. The lowest BCUT2D eigenvalue weighted by Gasteiger charge is -2.40. The van der Waals surface area contributed by atoms with E-state index in [1.807, 2.05) is 6.08 Å². The second-order valence-electron chi connectivity index (χ2n) is 17.3. The van der Waals surface area contributed by atoms with Gasteiger partial charge >= 0.3 is 0 Å². The van der Waals surface area contributed by atoms with E-state index in [1.54, 1.807) is 6.08 Å². The van der Waals surface area contributed by atoms with Crippen molar-refractivity contribution in [2.45, 2.75) is 262 Å². The van der Waals surface area contributed by atoms with Crippen LogP contribution in [0.1, 0.15) is 219 Å². The fourth-order valence-electron chi connectivity index (χ4n) is 7.72. The molecule has 59 heavy (non-hydrogen) atoms. The monoisotopic (exact) mass is 836 g/mol.